The summed E-state index contributed by atoms with van der Waals surface area (Å²) in [5.41, 5.74) is 2.63. The second kappa shape index (κ2) is 36.7. The minimum Gasteiger partial charge on any atom is -0.0654 e. The molecule has 0 nitrogen and oxygen atoms in total. The molecule has 0 radical (unpaired) electrons. The smallest absolute Gasteiger partial charge is 0.0449 e. The largest absolute Gasteiger partial charge is 0.0654 e. The second-order valence-electron chi connectivity index (χ2n) is 15.7. The average Bonchev–Trinajstić information content (AvgIpc) is 3.09. The van der Waals surface area contributed by atoms with Gasteiger partial charge in [-0.1, -0.05) is 275 Å². The number of benzene rings is 1. The van der Waals surface area contributed by atoms with Gasteiger partial charge in [0.1, 0.15) is 0 Å². The first-order valence-corrected chi connectivity index (χ1v) is 24.7. The van der Waals surface area contributed by atoms with Crippen LogP contribution >= 0.6 is 0 Å². The van der Waals surface area contributed by atoms with Crippen LogP contribution in [0.3, 0.4) is 0 Å². The Morgan fingerprint density at radius 1 is 0.340 bits per heavy atom. The van der Waals surface area contributed by atoms with E-state index >= 15 is 0 Å². The summed E-state index contributed by atoms with van der Waals surface area (Å²) >= 11 is 0. The van der Waals surface area contributed by atoms with Crippen molar-refractivity contribution in [2.45, 2.75) is 257 Å². The van der Waals surface area contributed by atoms with E-state index in [1.165, 1.54) is 218 Å². The van der Waals surface area contributed by atoms with Crippen LogP contribution in [0.4, 0.5) is 0 Å². The molecule has 1 aromatic rings. The van der Waals surface area contributed by atoms with Gasteiger partial charge < -0.3 is 0 Å². The molecule has 0 aliphatic heterocycles. The van der Waals surface area contributed by atoms with E-state index in [4.69, 9.17) is 0 Å². The Morgan fingerprint density at radius 3 is 0.936 bits per heavy atom. The molecule has 1 heteroatoms. The van der Waals surface area contributed by atoms with E-state index in [0.717, 1.165) is 5.54 Å². The van der Waals surface area contributed by atoms with Crippen LogP contribution in [-0.4, -0.2) is 8.80 Å². The fraction of sp³-hybridized carbons (Fsp3) is 0.870. The van der Waals surface area contributed by atoms with Crippen LogP contribution in [0.5, 0.6) is 0 Å². The summed E-state index contributed by atoms with van der Waals surface area (Å²) in [5.74, 6) is 0. The van der Waals surface area contributed by atoms with Gasteiger partial charge in [0.25, 0.3) is 0 Å². The highest BCUT2D eigenvalue weighted by atomic mass is 28.3. The summed E-state index contributed by atoms with van der Waals surface area (Å²) < 4.78 is 0. The summed E-state index contributed by atoms with van der Waals surface area (Å²) in [6, 6.07) is 15.1. The third-order valence-electron chi connectivity index (χ3n) is 11.3. The van der Waals surface area contributed by atoms with E-state index in [-0.39, 0.29) is 0 Å². The van der Waals surface area contributed by atoms with Gasteiger partial charge in [-0.15, -0.1) is 0 Å². The highest BCUT2D eigenvalue weighted by Gasteiger charge is 2.23. The predicted octanol–water partition coefficient (Wildman–Crippen LogP) is 16.9. The average molecular weight is 669 g/mol. The molecular formula is C46H88Si. The second-order valence-corrected chi connectivity index (χ2v) is 19.2. The standard InChI is InChI=1S/C46H88Si/c1-4-7-10-13-16-19-21-23-26-29-32-38-43-47(44-39-33-30-27-24-22-20-17-14-11-8-5-2)46(45-40-35-34-36-41-45)42-37-31-28-25-18-15-12-9-6-3/h34-36,40-41,46-47H,4-33,37-39,42-44H2,1-3H3. The molecule has 0 aliphatic carbocycles. The lowest BCUT2D eigenvalue weighted by atomic mass is 10.0. The number of unbranched alkanes of at least 4 members (excludes halogenated alkanes) is 30. The van der Waals surface area contributed by atoms with E-state index in [9.17, 15) is 0 Å². The Labute approximate surface area is 300 Å². The number of hydrogen-bond acceptors (Lipinski definition) is 0. The van der Waals surface area contributed by atoms with Crippen LogP contribution in [0, 0.1) is 0 Å². The molecule has 0 N–H and O–H groups in total. The molecule has 0 spiro atoms. The summed E-state index contributed by atoms with van der Waals surface area (Å²) in [6.45, 7) is 6.98. The van der Waals surface area contributed by atoms with E-state index in [0.29, 0.717) is 0 Å². The Hall–Kier alpha value is -0.563. The van der Waals surface area contributed by atoms with Crippen molar-refractivity contribution >= 4 is 8.80 Å². The van der Waals surface area contributed by atoms with Gasteiger partial charge in [0, 0.05) is 8.80 Å². The van der Waals surface area contributed by atoms with Crippen LogP contribution in [0.2, 0.25) is 12.1 Å². The summed E-state index contributed by atoms with van der Waals surface area (Å²) in [7, 11) is -0.822. The van der Waals surface area contributed by atoms with Gasteiger partial charge >= 0.3 is 0 Å². The van der Waals surface area contributed by atoms with Gasteiger partial charge in [-0.25, -0.2) is 0 Å². The summed E-state index contributed by atoms with van der Waals surface area (Å²) in [5, 5.41) is 0. The molecule has 0 bridgehead atoms. The first-order valence-electron chi connectivity index (χ1n) is 22.4. The number of hydrogen-bond donors (Lipinski definition) is 0. The molecule has 0 amide bonds. The predicted molar refractivity (Wildman–Crippen MR) is 220 cm³/mol. The molecule has 0 saturated heterocycles. The molecule has 1 unspecified atom stereocenters. The van der Waals surface area contributed by atoms with E-state index in [2.05, 4.69) is 51.1 Å². The van der Waals surface area contributed by atoms with Crippen LogP contribution in [0.15, 0.2) is 30.3 Å². The molecule has 276 valence electrons. The van der Waals surface area contributed by atoms with Crippen LogP contribution in [-0.2, 0) is 0 Å². The zero-order chi connectivity index (χ0) is 33.7. The van der Waals surface area contributed by atoms with Crippen LogP contribution in [0.25, 0.3) is 0 Å². The third kappa shape index (κ3) is 28.9. The maximum atomic E-state index is 2.50. The van der Waals surface area contributed by atoms with E-state index < -0.39 is 8.80 Å². The zero-order valence-electron chi connectivity index (χ0n) is 33.0. The molecule has 0 fully saturated rings. The van der Waals surface area contributed by atoms with Gasteiger partial charge in [0.2, 0.25) is 0 Å². The minimum atomic E-state index is -0.822. The molecular weight excluding hydrogens is 581 g/mol. The highest BCUT2D eigenvalue weighted by Crippen LogP contribution is 2.32. The van der Waals surface area contributed by atoms with Crippen molar-refractivity contribution in [1.29, 1.82) is 0 Å². The third-order valence-corrected chi connectivity index (χ3v) is 15.4. The van der Waals surface area contributed by atoms with Gasteiger partial charge in [-0.2, -0.15) is 0 Å². The monoisotopic (exact) mass is 669 g/mol. The molecule has 0 heterocycles. The van der Waals surface area contributed by atoms with Gasteiger partial charge in [-0.05, 0) is 17.5 Å². The first-order chi connectivity index (χ1) is 23.3. The topological polar surface area (TPSA) is 0 Å². The molecule has 1 rings (SSSR count). The Kier molecular flexibility index (Phi) is 34.7. The highest BCUT2D eigenvalue weighted by molar-refractivity contribution is 6.60. The van der Waals surface area contributed by atoms with Crippen molar-refractivity contribution in [3.8, 4) is 0 Å². The van der Waals surface area contributed by atoms with E-state index in [1.807, 2.05) is 0 Å². The lowest BCUT2D eigenvalue weighted by Gasteiger charge is -2.27. The molecule has 1 atom stereocenters. The van der Waals surface area contributed by atoms with Crippen molar-refractivity contribution in [3.05, 3.63) is 35.9 Å². The lowest BCUT2D eigenvalue weighted by Crippen LogP contribution is -2.24. The van der Waals surface area contributed by atoms with Crippen LogP contribution in [0.1, 0.15) is 250 Å². The van der Waals surface area contributed by atoms with Gasteiger partial charge in [-0.3, -0.25) is 0 Å². The van der Waals surface area contributed by atoms with E-state index in [1.54, 1.807) is 17.7 Å². The maximum absolute atomic E-state index is 2.50. The quantitative estimate of drug-likeness (QED) is 0.0486. The molecule has 0 aromatic heterocycles. The fourth-order valence-electron chi connectivity index (χ4n) is 8.09. The maximum Gasteiger partial charge on any atom is 0.0449 e. The SMILES string of the molecule is CCCCCCCCCCCCCC[SiH](CCCCCCCCCCCCCC)C(CCCCCCCCCCC)c1ccccc1. The fourth-order valence-corrected chi connectivity index (χ4v) is 12.3. The van der Waals surface area contributed by atoms with Gasteiger partial charge in [0.15, 0.2) is 0 Å². The first kappa shape index (κ1) is 44.5. The van der Waals surface area contributed by atoms with Crippen molar-refractivity contribution in [1.82, 2.24) is 0 Å². The Bertz CT molecular complexity index is 670. The van der Waals surface area contributed by atoms with Gasteiger partial charge in [0.05, 0.1) is 0 Å². The molecule has 0 aliphatic rings. The Balaban J connectivity index is 2.48. The Morgan fingerprint density at radius 2 is 0.617 bits per heavy atom. The normalized spacial score (nSPS) is 12.3. The molecule has 0 saturated carbocycles. The van der Waals surface area contributed by atoms with Crippen molar-refractivity contribution in [2.24, 2.45) is 0 Å². The zero-order valence-corrected chi connectivity index (χ0v) is 34.2. The van der Waals surface area contributed by atoms with Crippen LogP contribution < -0.4 is 0 Å². The number of rotatable bonds is 38. The van der Waals surface area contributed by atoms with Crippen molar-refractivity contribution in [2.75, 3.05) is 0 Å². The summed E-state index contributed by atoms with van der Waals surface area (Å²) in [4.78, 5) is 0. The molecule has 1 aromatic carbocycles. The summed E-state index contributed by atoms with van der Waals surface area (Å²) in [6.07, 6.45) is 49.9. The van der Waals surface area contributed by atoms with Crippen molar-refractivity contribution in [3.63, 3.8) is 0 Å². The lowest BCUT2D eigenvalue weighted by molar-refractivity contribution is 0.543. The van der Waals surface area contributed by atoms with Crippen molar-refractivity contribution < 1.29 is 0 Å². The minimum absolute atomic E-state index is 0.822. The molecule has 47 heavy (non-hydrogen) atoms.